The molecule has 0 spiro atoms. The highest BCUT2D eigenvalue weighted by molar-refractivity contribution is 5.86. The van der Waals surface area contributed by atoms with Crippen LogP contribution in [0.5, 0.6) is 0 Å². The van der Waals surface area contributed by atoms with Gasteiger partial charge in [-0.1, -0.05) is 42.5 Å². The van der Waals surface area contributed by atoms with Crippen LogP contribution in [-0.4, -0.2) is 53.8 Å². The Kier molecular flexibility index (Phi) is 6.54. The van der Waals surface area contributed by atoms with Crippen molar-refractivity contribution in [2.45, 2.75) is 19.3 Å². The molecule has 2 aromatic carbocycles. The number of likely N-dealkylation sites (tertiary alicyclic amines) is 1. The molecule has 5 nitrogen and oxygen atoms in total. The van der Waals surface area contributed by atoms with Crippen molar-refractivity contribution in [2.75, 3.05) is 27.2 Å². The molecule has 0 N–H and O–H groups in total. The van der Waals surface area contributed by atoms with Crippen molar-refractivity contribution in [3.8, 4) is 11.1 Å². The van der Waals surface area contributed by atoms with E-state index in [1.807, 2.05) is 30.3 Å². The molecule has 2 heterocycles. The third kappa shape index (κ3) is 5.11. The van der Waals surface area contributed by atoms with E-state index >= 15 is 0 Å². The van der Waals surface area contributed by atoms with E-state index in [-0.39, 0.29) is 24.1 Å². The second-order valence-electron chi connectivity index (χ2n) is 8.97. The molecule has 0 saturated carbocycles. The first-order valence-corrected chi connectivity index (χ1v) is 11.1. The first-order valence-electron chi connectivity index (χ1n) is 11.1. The Hall–Kier alpha value is -3.54. The fourth-order valence-corrected chi connectivity index (χ4v) is 4.64. The van der Waals surface area contributed by atoms with Gasteiger partial charge in [-0.15, -0.1) is 0 Å². The molecule has 1 aromatic heterocycles. The highest BCUT2D eigenvalue weighted by Crippen LogP contribution is 2.37. The van der Waals surface area contributed by atoms with Gasteiger partial charge in [0.25, 0.3) is 0 Å². The van der Waals surface area contributed by atoms with Crippen LogP contribution in [0.2, 0.25) is 0 Å². The van der Waals surface area contributed by atoms with E-state index in [2.05, 4.69) is 11.1 Å². The molecule has 1 fully saturated rings. The Balaban J connectivity index is 1.56. The fraction of sp³-hybridized carbons (Fsp3) is 0.296. The summed E-state index contributed by atoms with van der Waals surface area (Å²) >= 11 is 0. The normalized spacial score (nSPS) is 17.7. The Morgan fingerprint density at radius 2 is 1.79 bits per heavy atom. The summed E-state index contributed by atoms with van der Waals surface area (Å²) in [7, 11) is 3.53. The van der Waals surface area contributed by atoms with Crippen LogP contribution in [0.25, 0.3) is 11.1 Å². The first kappa shape index (κ1) is 22.6. The zero-order valence-corrected chi connectivity index (χ0v) is 19.0. The summed E-state index contributed by atoms with van der Waals surface area (Å²) in [6.45, 7) is 0.945. The largest absolute Gasteiger partial charge is 0.348 e. The number of amides is 2. The number of carbonyl (C=O) groups excluding carboxylic acids is 2. The summed E-state index contributed by atoms with van der Waals surface area (Å²) < 4.78 is 13.3. The van der Waals surface area contributed by atoms with Gasteiger partial charge in [0.2, 0.25) is 11.8 Å². The molecule has 0 radical (unpaired) electrons. The van der Waals surface area contributed by atoms with E-state index in [9.17, 15) is 14.0 Å². The summed E-state index contributed by atoms with van der Waals surface area (Å²) in [5.74, 6) is -0.227. The summed E-state index contributed by atoms with van der Waals surface area (Å²) in [6, 6.07) is 18.1. The van der Waals surface area contributed by atoms with Crippen LogP contribution in [0.15, 0.2) is 73.1 Å². The van der Waals surface area contributed by atoms with Gasteiger partial charge in [-0.3, -0.25) is 14.6 Å². The third-order valence-corrected chi connectivity index (χ3v) is 6.29. The zero-order valence-electron chi connectivity index (χ0n) is 19.0. The van der Waals surface area contributed by atoms with E-state index in [1.54, 1.807) is 48.4 Å². The molecule has 1 atom stereocenters. The van der Waals surface area contributed by atoms with E-state index in [0.717, 1.165) is 22.3 Å². The number of carbonyl (C=O) groups is 2. The van der Waals surface area contributed by atoms with Gasteiger partial charge in [-0.2, -0.15) is 0 Å². The number of hydrogen-bond donors (Lipinski definition) is 0. The maximum Gasteiger partial charge on any atom is 0.230 e. The Morgan fingerprint density at radius 1 is 1.03 bits per heavy atom. The monoisotopic (exact) mass is 445 g/mol. The first-order chi connectivity index (χ1) is 15.9. The van der Waals surface area contributed by atoms with Gasteiger partial charge in [-0.25, -0.2) is 4.39 Å². The second-order valence-corrected chi connectivity index (χ2v) is 8.97. The minimum absolute atomic E-state index is 0.0106. The van der Waals surface area contributed by atoms with E-state index < -0.39 is 5.41 Å². The average Bonchev–Trinajstić information content (AvgIpc) is 3.25. The van der Waals surface area contributed by atoms with Crippen LogP contribution in [0.1, 0.15) is 17.5 Å². The van der Waals surface area contributed by atoms with Crippen molar-refractivity contribution in [3.05, 3.63) is 90.0 Å². The average molecular weight is 446 g/mol. The molecule has 1 aliphatic heterocycles. The van der Waals surface area contributed by atoms with Crippen LogP contribution < -0.4 is 0 Å². The Morgan fingerprint density at radius 3 is 2.48 bits per heavy atom. The standard InChI is InChI=1S/C27H28FN3O2/c1-30(2)26(33)27(12-14-31(19-27)25(32)16-21-6-4-13-29-18-21)17-20-5-3-7-23(15-20)22-8-10-24(28)11-9-22/h3-11,13,15,18H,12,14,16-17,19H2,1-2H3. The van der Waals surface area contributed by atoms with Gasteiger partial charge in [0.1, 0.15) is 5.82 Å². The lowest BCUT2D eigenvalue weighted by atomic mass is 9.79. The van der Waals surface area contributed by atoms with Crippen molar-refractivity contribution in [1.82, 2.24) is 14.8 Å². The minimum atomic E-state index is -0.671. The number of aromatic nitrogens is 1. The quantitative estimate of drug-likeness (QED) is 0.577. The second kappa shape index (κ2) is 9.53. The molecule has 2 amide bonds. The van der Waals surface area contributed by atoms with Crippen LogP contribution in [0.3, 0.4) is 0 Å². The highest BCUT2D eigenvalue weighted by Gasteiger charge is 2.46. The molecule has 4 rings (SSSR count). The topological polar surface area (TPSA) is 53.5 Å². The van der Waals surface area contributed by atoms with Crippen LogP contribution in [-0.2, 0) is 22.4 Å². The van der Waals surface area contributed by atoms with Gasteiger partial charge in [0.05, 0.1) is 11.8 Å². The SMILES string of the molecule is CN(C)C(=O)C1(Cc2cccc(-c3ccc(F)cc3)c2)CCN(C(=O)Cc2cccnc2)C1. The number of hydrogen-bond acceptors (Lipinski definition) is 3. The lowest BCUT2D eigenvalue weighted by Crippen LogP contribution is -2.44. The van der Waals surface area contributed by atoms with Crippen molar-refractivity contribution in [3.63, 3.8) is 0 Å². The molecular formula is C27H28FN3O2. The van der Waals surface area contributed by atoms with Gasteiger partial charge in [-0.05, 0) is 53.3 Å². The van der Waals surface area contributed by atoms with Crippen molar-refractivity contribution < 1.29 is 14.0 Å². The summed E-state index contributed by atoms with van der Waals surface area (Å²) in [4.78, 5) is 33.8. The summed E-state index contributed by atoms with van der Waals surface area (Å²) in [5, 5.41) is 0. The number of rotatable bonds is 6. The van der Waals surface area contributed by atoms with Crippen molar-refractivity contribution in [1.29, 1.82) is 0 Å². The van der Waals surface area contributed by atoms with Crippen LogP contribution in [0.4, 0.5) is 4.39 Å². The van der Waals surface area contributed by atoms with Crippen molar-refractivity contribution >= 4 is 11.8 Å². The minimum Gasteiger partial charge on any atom is -0.348 e. The predicted molar refractivity (Wildman–Crippen MR) is 126 cm³/mol. The molecule has 0 aliphatic carbocycles. The predicted octanol–water partition coefficient (Wildman–Crippen LogP) is 3.98. The zero-order chi connectivity index (χ0) is 23.4. The molecule has 33 heavy (non-hydrogen) atoms. The summed E-state index contributed by atoms with van der Waals surface area (Å²) in [5.41, 5.74) is 3.11. The molecule has 1 saturated heterocycles. The van der Waals surface area contributed by atoms with E-state index in [0.29, 0.717) is 25.9 Å². The van der Waals surface area contributed by atoms with Gasteiger partial charge in [0, 0.05) is 39.6 Å². The Bertz CT molecular complexity index is 1130. The van der Waals surface area contributed by atoms with Crippen molar-refractivity contribution in [2.24, 2.45) is 5.41 Å². The molecule has 1 unspecified atom stereocenters. The Labute approximate surface area is 193 Å². The van der Waals surface area contributed by atoms with Crippen LogP contribution in [0, 0.1) is 11.2 Å². The molecule has 170 valence electrons. The molecule has 3 aromatic rings. The number of halogens is 1. The lowest BCUT2D eigenvalue weighted by molar-refractivity contribution is -0.139. The molecule has 1 aliphatic rings. The number of nitrogens with zero attached hydrogens (tertiary/aromatic N) is 3. The van der Waals surface area contributed by atoms with Gasteiger partial charge < -0.3 is 9.80 Å². The third-order valence-electron chi connectivity index (χ3n) is 6.29. The molecular weight excluding hydrogens is 417 g/mol. The maximum absolute atomic E-state index is 13.3. The molecule has 0 bridgehead atoms. The van der Waals surface area contributed by atoms with E-state index in [4.69, 9.17) is 0 Å². The summed E-state index contributed by atoms with van der Waals surface area (Å²) in [6.07, 6.45) is 4.82. The van der Waals surface area contributed by atoms with E-state index in [1.165, 1.54) is 12.1 Å². The van der Waals surface area contributed by atoms with Crippen LogP contribution >= 0.6 is 0 Å². The highest BCUT2D eigenvalue weighted by atomic mass is 19.1. The van der Waals surface area contributed by atoms with Gasteiger partial charge >= 0.3 is 0 Å². The number of benzene rings is 2. The van der Waals surface area contributed by atoms with Gasteiger partial charge in [0.15, 0.2) is 0 Å². The smallest absolute Gasteiger partial charge is 0.230 e. The maximum atomic E-state index is 13.3. The lowest BCUT2D eigenvalue weighted by Gasteiger charge is -2.31. The number of pyridine rings is 1. The fourth-order valence-electron chi connectivity index (χ4n) is 4.64. The molecule has 6 heteroatoms.